The van der Waals surface area contributed by atoms with Gasteiger partial charge in [0.2, 0.25) is 0 Å². The van der Waals surface area contributed by atoms with Crippen LogP contribution in [0, 0.1) is 6.42 Å². The molecule has 23 heavy (non-hydrogen) atoms. The van der Waals surface area contributed by atoms with Crippen LogP contribution in [-0.4, -0.2) is 24.0 Å². The number of nitrogens with zero attached hydrogens (tertiary/aromatic N) is 1. The van der Waals surface area contributed by atoms with Crippen LogP contribution in [0.25, 0.3) is 11.1 Å². The third kappa shape index (κ3) is 3.62. The Hall–Kier alpha value is -1.71. The monoisotopic (exact) mass is 347 g/mol. The molecule has 1 atom stereocenters. The number of piperidine rings is 1. The number of carbonyl (C=O) groups is 1. The van der Waals surface area contributed by atoms with Gasteiger partial charge in [0, 0.05) is 34.6 Å². The fourth-order valence-electron chi connectivity index (χ4n) is 2.91. The fourth-order valence-corrected chi connectivity index (χ4v) is 3.30. The minimum atomic E-state index is -0.356. The van der Waals surface area contributed by atoms with Crippen molar-refractivity contribution in [1.82, 2.24) is 4.90 Å². The Morgan fingerprint density at radius 2 is 1.87 bits per heavy atom. The first-order chi connectivity index (χ1) is 11.0. The van der Waals surface area contributed by atoms with E-state index in [-0.39, 0.29) is 11.9 Å². The lowest BCUT2D eigenvalue weighted by Crippen LogP contribution is -2.42. The molecule has 1 fully saturated rings. The van der Waals surface area contributed by atoms with E-state index < -0.39 is 0 Å². The van der Waals surface area contributed by atoms with Crippen LogP contribution in [0.3, 0.4) is 0 Å². The minimum absolute atomic E-state index is 0.208. The largest absolute Gasteiger partial charge is 0.351 e. The molecule has 0 aromatic heterocycles. The van der Waals surface area contributed by atoms with Gasteiger partial charge in [-0.2, -0.15) is 0 Å². The Morgan fingerprint density at radius 1 is 1.13 bits per heavy atom. The third-order valence-corrected chi connectivity index (χ3v) is 4.72. The average molecular weight is 348 g/mol. The second-order valence-corrected chi connectivity index (χ2v) is 6.50. The Kier molecular flexibility index (Phi) is 4.79. The molecule has 2 N–H and O–H groups in total. The highest BCUT2D eigenvalue weighted by Gasteiger charge is 2.23. The number of likely N-dealkylation sites (tertiary alicyclic amines) is 1. The van der Waals surface area contributed by atoms with Crippen LogP contribution < -0.4 is 5.73 Å². The molecule has 0 spiro atoms. The summed E-state index contributed by atoms with van der Waals surface area (Å²) in [7, 11) is 0. The molecule has 1 aliphatic heterocycles. The van der Waals surface area contributed by atoms with Crippen molar-refractivity contribution < 1.29 is 4.79 Å². The molecular formula is C18H17Cl2N2O. The van der Waals surface area contributed by atoms with E-state index >= 15 is 0 Å². The molecule has 5 heteroatoms. The van der Waals surface area contributed by atoms with Crippen molar-refractivity contribution in [2.24, 2.45) is 5.73 Å². The van der Waals surface area contributed by atoms with Gasteiger partial charge in [0.15, 0.2) is 0 Å². The van der Waals surface area contributed by atoms with Crippen molar-refractivity contribution in [3.05, 3.63) is 64.5 Å². The number of halogens is 2. The molecule has 2 aromatic rings. The molecule has 1 saturated heterocycles. The maximum Gasteiger partial charge on any atom is 0.314 e. The molecular weight excluding hydrogens is 331 g/mol. The Bertz CT molecular complexity index is 715. The Balaban J connectivity index is 1.82. The van der Waals surface area contributed by atoms with Crippen LogP contribution in [0.2, 0.25) is 10.0 Å². The van der Waals surface area contributed by atoms with Crippen molar-refractivity contribution in [2.45, 2.75) is 12.3 Å². The number of hydrogen-bond donors (Lipinski definition) is 1. The molecule has 0 aliphatic carbocycles. The zero-order chi connectivity index (χ0) is 16.4. The third-order valence-electron chi connectivity index (χ3n) is 4.16. The standard InChI is InChI=1S/C18H17Cl2N2O/c19-15-7-8-17(20)16(10-15)13-5-3-12(4-6-13)14-2-1-9-22(11-14)18(21)23/h2-8,10,14H,1,9,11H2,(H2,21,23). The number of primary amides is 1. The van der Waals surface area contributed by atoms with Gasteiger partial charge >= 0.3 is 6.03 Å². The molecule has 1 radical (unpaired) electrons. The summed E-state index contributed by atoms with van der Waals surface area (Å²) in [5.41, 5.74) is 8.48. The van der Waals surface area contributed by atoms with Gasteiger partial charge in [0.1, 0.15) is 0 Å². The number of urea groups is 1. The Labute approximate surface area is 146 Å². The first-order valence-electron chi connectivity index (χ1n) is 7.47. The quantitative estimate of drug-likeness (QED) is 0.838. The van der Waals surface area contributed by atoms with Crippen molar-refractivity contribution in [3.8, 4) is 11.1 Å². The van der Waals surface area contributed by atoms with Crippen molar-refractivity contribution in [1.29, 1.82) is 0 Å². The van der Waals surface area contributed by atoms with E-state index in [0.29, 0.717) is 23.1 Å². The summed E-state index contributed by atoms with van der Waals surface area (Å²) in [4.78, 5) is 13.0. The van der Waals surface area contributed by atoms with E-state index in [4.69, 9.17) is 28.9 Å². The van der Waals surface area contributed by atoms with E-state index in [0.717, 1.165) is 23.1 Å². The highest BCUT2D eigenvalue weighted by Crippen LogP contribution is 2.32. The first kappa shape index (κ1) is 16.2. The maximum absolute atomic E-state index is 11.3. The minimum Gasteiger partial charge on any atom is -0.351 e. The average Bonchev–Trinajstić information content (AvgIpc) is 2.57. The van der Waals surface area contributed by atoms with Gasteiger partial charge in [0.25, 0.3) is 0 Å². The lowest BCUT2D eigenvalue weighted by Gasteiger charge is -2.31. The number of nitrogens with two attached hydrogens (primary N) is 1. The zero-order valence-corrected chi connectivity index (χ0v) is 14.0. The normalized spacial score (nSPS) is 18.0. The van der Waals surface area contributed by atoms with E-state index in [9.17, 15) is 4.79 Å². The van der Waals surface area contributed by atoms with Gasteiger partial charge in [0.05, 0.1) is 0 Å². The zero-order valence-electron chi connectivity index (χ0n) is 12.5. The summed E-state index contributed by atoms with van der Waals surface area (Å²) < 4.78 is 0. The summed E-state index contributed by atoms with van der Waals surface area (Å²) in [6.45, 7) is 1.33. The van der Waals surface area contributed by atoms with Gasteiger partial charge in [-0.3, -0.25) is 0 Å². The maximum atomic E-state index is 11.3. The van der Waals surface area contributed by atoms with Crippen LogP contribution in [-0.2, 0) is 0 Å². The second-order valence-electron chi connectivity index (χ2n) is 5.66. The number of benzene rings is 2. The highest BCUT2D eigenvalue weighted by molar-refractivity contribution is 6.35. The number of carbonyl (C=O) groups excluding carboxylic acids is 1. The predicted octanol–water partition coefficient (Wildman–Crippen LogP) is 4.73. The van der Waals surface area contributed by atoms with Crippen molar-refractivity contribution >= 4 is 29.2 Å². The fraction of sp³-hybridized carbons (Fsp3) is 0.222. The summed E-state index contributed by atoms with van der Waals surface area (Å²) in [5.74, 6) is 0.208. The molecule has 3 nitrogen and oxygen atoms in total. The lowest BCUT2D eigenvalue weighted by atomic mass is 9.89. The summed E-state index contributed by atoms with van der Waals surface area (Å²) in [6.07, 6.45) is 3.09. The number of rotatable bonds is 2. The van der Waals surface area contributed by atoms with Gasteiger partial charge in [-0.15, -0.1) is 0 Å². The van der Waals surface area contributed by atoms with Crippen LogP contribution in [0.5, 0.6) is 0 Å². The van der Waals surface area contributed by atoms with Crippen LogP contribution >= 0.6 is 23.2 Å². The van der Waals surface area contributed by atoms with Gasteiger partial charge in [-0.05, 0) is 42.2 Å². The van der Waals surface area contributed by atoms with Gasteiger partial charge in [-0.1, -0.05) is 47.5 Å². The van der Waals surface area contributed by atoms with Crippen LogP contribution in [0.4, 0.5) is 4.79 Å². The predicted molar refractivity (Wildman–Crippen MR) is 94.7 cm³/mol. The van der Waals surface area contributed by atoms with E-state index in [2.05, 4.69) is 18.6 Å². The smallest absolute Gasteiger partial charge is 0.314 e. The molecule has 1 unspecified atom stereocenters. The van der Waals surface area contributed by atoms with E-state index in [1.807, 2.05) is 18.2 Å². The Morgan fingerprint density at radius 3 is 2.57 bits per heavy atom. The number of hydrogen-bond acceptors (Lipinski definition) is 1. The summed E-state index contributed by atoms with van der Waals surface area (Å²) in [5, 5.41) is 1.33. The number of amides is 2. The highest BCUT2D eigenvalue weighted by atomic mass is 35.5. The van der Waals surface area contributed by atoms with Gasteiger partial charge < -0.3 is 10.6 Å². The molecule has 2 amide bonds. The van der Waals surface area contributed by atoms with Crippen molar-refractivity contribution in [2.75, 3.05) is 13.1 Å². The van der Waals surface area contributed by atoms with Crippen LogP contribution in [0.15, 0.2) is 42.5 Å². The van der Waals surface area contributed by atoms with Crippen molar-refractivity contribution in [3.63, 3.8) is 0 Å². The summed E-state index contributed by atoms with van der Waals surface area (Å²) in [6, 6.07) is 13.3. The van der Waals surface area contributed by atoms with Gasteiger partial charge in [-0.25, -0.2) is 4.79 Å². The second kappa shape index (κ2) is 6.81. The molecule has 0 bridgehead atoms. The van der Waals surface area contributed by atoms with Crippen LogP contribution in [0.1, 0.15) is 17.9 Å². The molecule has 1 aliphatic rings. The molecule has 119 valence electrons. The lowest BCUT2D eigenvalue weighted by molar-refractivity contribution is 0.198. The molecule has 3 rings (SSSR count). The molecule has 2 aromatic carbocycles. The molecule has 1 heterocycles. The topological polar surface area (TPSA) is 46.3 Å². The van der Waals surface area contributed by atoms with E-state index in [1.165, 1.54) is 0 Å². The first-order valence-corrected chi connectivity index (χ1v) is 8.23. The van der Waals surface area contributed by atoms with E-state index in [1.54, 1.807) is 17.0 Å². The summed E-state index contributed by atoms with van der Waals surface area (Å²) >= 11 is 12.3. The SMILES string of the molecule is NC(=O)N1CC[CH]C(c2ccc(-c3cc(Cl)ccc3Cl)cc2)C1. The molecule has 0 saturated carbocycles.